The van der Waals surface area contributed by atoms with E-state index in [1.165, 1.54) is 19.3 Å². The Balaban J connectivity index is 1.71. The fourth-order valence-corrected chi connectivity index (χ4v) is 6.60. The van der Waals surface area contributed by atoms with Crippen LogP contribution in [0.15, 0.2) is 47.4 Å². The predicted molar refractivity (Wildman–Crippen MR) is 122 cm³/mol. The molecule has 0 unspecified atom stereocenters. The highest BCUT2D eigenvalue weighted by Crippen LogP contribution is 2.45. The lowest BCUT2D eigenvalue weighted by atomic mass is 10.0. The zero-order chi connectivity index (χ0) is 20.5. The molecule has 30 heavy (non-hydrogen) atoms. The third-order valence-electron chi connectivity index (χ3n) is 5.66. The maximum atomic E-state index is 11.7. The normalized spacial score (nSPS) is 20.1. The number of nitro benzene ring substituents is 1. The molecule has 1 atom stereocenters. The van der Waals surface area contributed by atoms with Gasteiger partial charge < -0.3 is 4.74 Å². The molecule has 1 saturated heterocycles. The molecule has 0 bridgehead atoms. The fourth-order valence-electron chi connectivity index (χ4n) is 4.23. The van der Waals surface area contributed by atoms with Crippen molar-refractivity contribution in [3.63, 3.8) is 0 Å². The Labute approximate surface area is 183 Å². The predicted octanol–water partition coefficient (Wildman–Crippen LogP) is 6.12. The summed E-state index contributed by atoms with van der Waals surface area (Å²) >= 11 is 3.53. The van der Waals surface area contributed by atoms with Crippen LogP contribution in [0.4, 0.5) is 5.69 Å². The van der Waals surface area contributed by atoms with E-state index < -0.39 is 0 Å². The van der Waals surface area contributed by atoms with Crippen molar-refractivity contribution in [2.45, 2.75) is 47.7 Å². The van der Waals surface area contributed by atoms with Crippen LogP contribution in [0.5, 0.6) is 0 Å². The molecule has 0 N–H and O–H groups in total. The first-order valence-electron chi connectivity index (χ1n) is 10.4. The Bertz CT molecular complexity index is 1060. The van der Waals surface area contributed by atoms with Crippen molar-refractivity contribution in [3.05, 3.63) is 58.3 Å². The maximum Gasteiger partial charge on any atom is 0.272 e. The number of benzene rings is 2. The minimum absolute atomic E-state index is 0.115. The molecule has 3 aromatic rings. The van der Waals surface area contributed by atoms with Crippen molar-refractivity contribution in [1.29, 1.82) is 0 Å². The number of fused-ring (bicyclic) bond motifs is 1. The third kappa shape index (κ3) is 3.84. The van der Waals surface area contributed by atoms with E-state index in [-0.39, 0.29) is 16.0 Å². The van der Waals surface area contributed by atoms with Crippen LogP contribution in [0.25, 0.3) is 16.6 Å². The summed E-state index contributed by atoms with van der Waals surface area (Å²) in [7, 11) is 0. The number of rotatable bonds is 5. The Hall–Kier alpha value is -2.03. The Morgan fingerprint density at radius 2 is 1.97 bits per heavy atom. The average Bonchev–Trinajstić information content (AvgIpc) is 3.43. The lowest BCUT2D eigenvalue weighted by molar-refractivity contribution is -0.384. The summed E-state index contributed by atoms with van der Waals surface area (Å²) in [4.78, 5) is 12.4. The SMILES string of the molecule is O=[N+]([O-])c1cc(SC2CCCCC2)c2c([C@H]3OCCS3)nn(-c3ccccc3)c2c1. The first-order valence-corrected chi connectivity index (χ1v) is 12.3. The Morgan fingerprint density at radius 1 is 1.17 bits per heavy atom. The van der Waals surface area contributed by atoms with E-state index in [2.05, 4.69) is 0 Å². The number of ether oxygens (including phenoxy) is 1. The molecule has 6 nitrogen and oxygen atoms in total. The molecule has 5 rings (SSSR count). The molecule has 2 heterocycles. The zero-order valence-corrected chi connectivity index (χ0v) is 18.2. The van der Waals surface area contributed by atoms with Crippen LogP contribution in [-0.2, 0) is 4.74 Å². The summed E-state index contributed by atoms with van der Waals surface area (Å²) in [6.45, 7) is 0.701. The van der Waals surface area contributed by atoms with Crippen LogP contribution in [0.2, 0.25) is 0 Å². The Morgan fingerprint density at radius 3 is 2.67 bits per heavy atom. The number of aromatic nitrogens is 2. The van der Waals surface area contributed by atoms with Crippen LogP contribution in [0, 0.1) is 10.1 Å². The van der Waals surface area contributed by atoms with Gasteiger partial charge in [-0.3, -0.25) is 10.1 Å². The van der Waals surface area contributed by atoms with Crippen molar-refractivity contribution >= 4 is 40.1 Å². The minimum Gasteiger partial charge on any atom is -0.360 e. The van der Waals surface area contributed by atoms with Crippen LogP contribution >= 0.6 is 23.5 Å². The van der Waals surface area contributed by atoms with Crippen LogP contribution in [0.1, 0.15) is 43.2 Å². The standard InChI is InChI=1S/C22H23N3O3S2/c26-25(27)16-13-18-20(19(14-16)30-17-9-5-2-6-10-17)21(22-28-11-12-29-22)23-24(18)15-7-3-1-4-8-15/h1,3-4,7-8,13-14,17,22H,2,5-6,9-12H2/t22-/m0/s1. The van der Waals surface area contributed by atoms with E-state index in [1.54, 1.807) is 35.7 Å². The third-order valence-corrected chi connectivity index (χ3v) is 8.11. The summed E-state index contributed by atoms with van der Waals surface area (Å²) in [5.41, 5.74) is 2.53. The first-order chi connectivity index (χ1) is 14.7. The van der Waals surface area contributed by atoms with Gasteiger partial charge in [-0.2, -0.15) is 5.10 Å². The molecule has 8 heteroatoms. The summed E-state index contributed by atoms with van der Waals surface area (Å²) in [6.07, 6.45) is 6.06. The van der Waals surface area contributed by atoms with Crippen LogP contribution in [-0.4, -0.2) is 32.3 Å². The highest BCUT2D eigenvalue weighted by Gasteiger charge is 2.29. The van der Waals surface area contributed by atoms with E-state index in [1.807, 2.05) is 35.0 Å². The second-order valence-corrected chi connectivity index (χ2v) is 10.2. The van der Waals surface area contributed by atoms with Gasteiger partial charge in [0.1, 0.15) is 11.1 Å². The van der Waals surface area contributed by atoms with E-state index in [4.69, 9.17) is 9.84 Å². The molecular weight excluding hydrogens is 418 g/mol. The van der Waals surface area contributed by atoms with Crippen molar-refractivity contribution in [3.8, 4) is 5.69 Å². The molecule has 2 aliphatic rings. The average molecular weight is 442 g/mol. The molecular formula is C22H23N3O3S2. The molecule has 2 aromatic carbocycles. The van der Waals surface area contributed by atoms with E-state index in [0.29, 0.717) is 11.9 Å². The lowest BCUT2D eigenvalue weighted by Crippen LogP contribution is -2.08. The number of nitro groups is 1. The number of non-ortho nitro benzene ring substituents is 1. The van der Waals surface area contributed by atoms with Crippen molar-refractivity contribution in [2.75, 3.05) is 12.4 Å². The van der Waals surface area contributed by atoms with Crippen LogP contribution < -0.4 is 0 Å². The second kappa shape index (κ2) is 8.61. The number of hydrogen-bond acceptors (Lipinski definition) is 6. The number of thioether (sulfide) groups is 2. The highest BCUT2D eigenvalue weighted by atomic mass is 32.2. The van der Waals surface area contributed by atoms with Gasteiger partial charge in [0.2, 0.25) is 0 Å². The van der Waals surface area contributed by atoms with E-state index >= 15 is 0 Å². The monoisotopic (exact) mass is 441 g/mol. The summed E-state index contributed by atoms with van der Waals surface area (Å²) in [5, 5.41) is 18.2. The molecule has 0 amide bonds. The van der Waals surface area contributed by atoms with Crippen LogP contribution in [0.3, 0.4) is 0 Å². The highest BCUT2D eigenvalue weighted by molar-refractivity contribution is 8.00. The smallest absolute Gasteiger partial charge is 0.272 e. The van der Waals surface area contributed by atoms with Crippen molar-refractivity contribution in [2.24, 2.45) is 0 Å². The molecule has 156 valence electrons. The largest absolute Gasteiger partial charge is 0.360 e. The molecule has 2 fully saturated rings. The molecule has 0 spiro atoms. The van der Waals surface area contributed by atoms with Gasteiger partial charge in [0, 0.05) is 33.4 Å². The fraction of sp³-hybridized carbons (Fsp3) is 0.409. The molecule has 1 saturated carbocycles. The van der Waals surface area contributed by atoms with Gasteiger partial charge in [-0.25, -0.2) is 4.68 Å². The van der Waals surface area contributed by atoms with Gasteiger partial charge in [0.25, 0.3) is 5.69 Å². The summed E-state index contributed by atoms with van der Waals surface area (Å²) in [6, 6.07) is 13.2. The zero-order valence-electron chi connectivity index (χ0n) is 16.5. The maximum absolute atomic E-state index is 11.7. The number of nitrogens with zero attached hydrogens (tertiary/aromatic N) is 3. The minimum atomic E-state index is -0.298. The second-order valence-electron chi connectivity index (χ2n) is 7.68. The van der Waals surface area contributed by atoms with Gasteiger partial charge in [-0.15, -0.1) is 23.5 Å². The van der Waals surface area contributed by atoms with Crippen molar-refractivity contribution < 1.29 is 9.66 Å². The lowest BCUT2D eigenvalue weighted by Gasteiger charge is -2.21. The molecule has 1 aliphatic carbocycles. The summed E-state index contributed by atoms with van der Waals surface area (Å²) < 4.78 is 7.80. The van der Waals surface area contributed by atoms with Gasteiger partial charge in [0.15, 0.2) is 0 Å². The van der Waals surface area contributed by atoms with Gasteiger partial charge in [-0.1, -0.05) is 37.5 Å². The topological polar surface area (TPSA) is 70.2 Å². The van der Waals surface area contributed by atoms with E-state index in [9.17, 15) is 10.1 Å². The van der Waals surface area contributed by atoms with E-state index in [0.717, 1.165) is 45.8 Å². The molecule has 0 radical (unpaired) electrons. The quantitative estimate of drug-likeness (QED) is 0.351. The van der Waals surface area contributed by atoms with Gasteiger partial charge >= 0.3 is 0 Å². The number of hydrogen-bond donors (Lipinski definition) is 0. The molecule has 1 aromatic heterocycles. The van der Waals surface area contributed by atoms with Gasteiger partial charge in [0.05, 0.1) is 22.7 Å². The first kappa shape index (κ1) is 19.9. The molecule has 1 aliphatic heterocycles. The van der Waals surface area contributed by atoms with Gasteiger partial charge in [-0.05, 0) is 25.0 Å². The summed E-state index contributed by atoms with van der Waals surface area (Å²) in [5.74, 6) is 0.933. The van der Waals surface area contributed by atoms with Crippen molar-refractivity contribution in [1.82, 2.24) is 9.78 Å². The number of para-hydroxylation sites is 1. The Kier molecular flexibility index (Phi) is 5.71.